The number of hydrogen-bond acceptors (Lipinski definition) is 4. The molecule has 0 aliphatic heterocycles. The predicted octanol–water partition coefficient (Wildman–Crippen LogP) is 1.62. The van der Waals surface area contributed by atoms with E-state index in [2.05, 4.69) is 0 Å². The fourth-order valence-corrected chi connectivity index (χ4v) is 2.05. The average molecular weight is 202 g/mol. The SMILES string of the molecule is CSC(=S)C1C(=O)CCCC1=O. The average Bonchev–Trinajstić information content (AvgIpc) is 2.03. The Hall–Kier alpha value is -0.220. The highest BCUT2D eigenvalue weighted by Gasteiger charge is 2.32. The lowest BCUT2D eigenvalue weighted by Gasteiger charge is -2.18. The largest absolute Gasteiger partial charge is 0.298 e. The summed E-state index contributed by atoms with van der Waals surface area (Å²) in [6.07, 6.45) is 3.52. The van der Waals surface area contributed by atoms with Gasteiger partial charge in [-0.25, -0.2) is 0 Å². The standard InChI is InChI=1S/C8H10O2S2/c1-12-8(11)7-5(9)3-2-4-6(7)10/h7H,2-4H2,1H3. The molecule has 1 aliphatic rings. The summed E-state index contributed by atoms with van der Waals surface area (Å²) in [6, 6.07) is 0. The minimum absolute atomic E-state index is 0.00519. The Morgan fingerprint density at radius 2 is 1.92 bits per heavy atom. The van der Waals surface area contributed by atoms with E-state index >= 15 is 0 Å². The van der Waals surface area contributed by atoms with Gasteiger partial charge in [0, 0.05) is 12.8 Å². The molecule has 0 heterocycles. The molecule has 0 unspecified atom stereocenters. The number of thioether (sulfide) groups is 1. The van der Waals surface area contributed by atoms with Gasteiger partial charge in [0.15, 0.2) is 0 Å². The first-order chi connectivity index (χ1) is 5.66. The summed E-state index contributed by atoms with van der Waals surface area (Å²) in [4.78, 5) is 22.6. The van der Waals surface area contributed by atoms with Gasteiger partial charge in [-0.05, 0) is 12.7 Å². The van der Waals surface area contributed by atoms with Crippen LogP contribution in [-0.2, 0) is 9.59 Å². The normalized spacial score (nSPS) is 19.8. The zero-order chi connectivity index (χ0) is 9.14. The highest BCUT2D eigenvalue weighted by molar-refractivity contribution is 8.22. The number of rotatable bonds is 1. The molecule has 0 bridgehead atoms. The third-order valence-corrected chi connectivity index (χ3v) is 3.30. The van der Waals surface area contributed by atoms with E-state index in [1.165, 1.54) is 11.8 Å². The van der Waals surface area contributed by atoms with Gasteiger partial charge in [-0.15, -0.1) is 11.8 Å². The van der Waals surface area contributed by atoms with Crippen molar-refractivity contribution in [2.75, 3.05) is 6.26 Å². The molecule has 0 N–H and O–H groups in total. The minimum atomic E-state index is -0.580. The van der Waals surface area contributed by atoms with Gasteiger partial charge in [-0.3, -0.25) is 9.59 Å². The van der Waals surface area contributed by atoms with E-state index in [1.807, 2.05) is 0 Å². The van der Waals surface area contributed by atoms with Crippen LogP contribution in [0.5, 0.6) is 0 Å². The van der Waals surface area contributed by atoms with Crippen molar-refractivity contribution in [1.82, 2.24) is 0 Å². The molecule has 1 rings (SSSR count). The molecule has 0 aromatic heterocycles. The van der Waals surface area contributed by atoms with Crippen LogP contribution in [0.15, 0.2) is 0 Å². The van der Waals surface area contributed by atoms with Gasteiger partial charge in [0.05, 0.1) is 4.20 Å². The molecular weight excluding hydrogens is 192 g/mol. The van der Waals surface area contributed by atoms with Crippen molar-refractivity contribution in [1.29, 1.82) is 0 Å². The van der Waals surface area contributed by atoms with Gasteiger partial charge in [0.2, 0.25) is 0 Å². The molecule has 0 atom stereocenters. The monoisotopic (exact) mass is 202 g/mol. The lowest BCUT2D eigenvalue weighted by atomic mass is 9.88. The topological polar surface area (TPSA) is 34.1 Å². The summed E-state index contributed by atoms with van der Waals surface area (Å²) < 4.78 is 0.532. The maximum absolute atomic E-state index is 11.3. The molecule has 0 saturated heterocycles. The third kappa shape index (κ3) is 1.93. The number of carbonyl (C=O) groups excluding carboxylic acids is 2. The van der Waals surface area contributed by atoms with Crippen molar-refractivity contribution in [2.24, 2.45) is 5.92 Å². The van der Waals surface area contributed by atoms with E-state index < -0.39 is 5.92 Å². The summed E-state index contributed by atoms with van der Waals surface area (Å²) in [5.41, 5.74) is 0. The first-order valence-corrected chi connectivity index (χ1v) is 5.43. The van der Waals surface area contributed by atoms with Crippen molar-refractivity contribution < 1.29 is 9.59 Å². The van der Waals surface area contributed by atoms with Crippen molar-refractivity contribution in [3.8, 4) is 0 Å². The molecule has 2 nitrogen and oxygen atoms in total. The van der Waals surface area contributed by atoms with Crippen LogP contribution in [0.1, 0.15) is 19.3 Å². The van der Waals surface area contributed by atoms with Gasteiger partial charge in [0.1, 0.15) is 17.5 Å². The van der Waals surface area contributed by atoms with Crippen molar-refractivity contribution in [3.05, 3.63) is 0 Å². The van der Waals surface area contributed by atoms with E-state index in [0.717, 1.165) is 0 Å². The second-order valence-corrected chi connectivity index (χ2v) is 4.29. The number of carbonyl (C=O) groups is 2. The Kier molecular flexibility index (Phi) is 3.40. The molecule has 0 aromatic rings. The van der Waals surface area contributed by atoms with Crippen LogP contribution in [0.3, 0.4) is 0 Å². The fraction of sp³-hybridized carbons (Fsp3) is 0.625. The lowest BCUT2D eigenvalue weighted by Crippen LogP contribution is -2.32. The van der Waals surface area contributed by atoms with E-state index in [0.29, 0.717) is 23.5 Å². The Morgan fingerprint density at radius 3 is 2.33 bits per heavy atom. The Balaban J connectivity index is 2.76. The summed E-state index contributed by atoms with van der Waals surface area (Å²) in [5, 5.41) is 0. The van der Waals surface area contributed by atoms with Crippen LogP contribution in [0.25, 0.3) is 0 Å². The Bertz CT molecular complexity index is 208. The fourth-order valence-electron chi connectivity index (χ4n) is 1.29. The number of thiocarbonyl (C=S) groups is 1. The van der Waals surface area contributed by atoms with E-state index in [1.54, 1.807) is 6.26 Å². The van der Waals surface area contributed by atoms with E-state index in [4.69, 9.17) is 12.2 Å². The first kappa shape index (κ1) is 9.86. The maximum Gasteiger partial charge on any atom is 0.149 e. The maximum atomic E-state index is 11.3. The van der Waals surface area contributed by atoms with Crippen LogP contribution in [0, 0.1) is 5.92 Å². The molecule has 12 heavy (non-hydrogen) atoms. The molecular formula is C8H10O2S2. The minimum Gasteiger partial charge on any atom is -0.298 e. The Morgan fingerprint density at radius 1 is 1.42 bits per heavy atom. The van der Waals surface area contributed by atoms with Crippen molar-refractivity contribution in [2.45, 2.75) is 19.3 Å². The highest BCUT2D eigenvalue weighted by atomic mass is 32.2. The van der Waals surface area contributed by atoms with Crippen LogP contribution < -0.4 is 0 Å². The second kappa shape index (κ2) is 4.14. The van der Waals surface area contributed by atoms with E-state index in [-0.39, 0.29) is 11.6 Å². The van der Waals surface area contributed by atoms with Crippen LogP contribution in [0.4, 0.5) is 0 Å². The lowest BCUT2D eigenvalue weighted by molar-refractivity contribution is -0.132. The second-order valence-electron chi connectivity index (χ2n) is 2.74. The smallest absolute Gasteiger partial charge is 0.149 e. The third-order valence-electron chi connectivity index (χ3n) is 1.93. The molecule has 66 valence electrons. The number of Topliss-reactive ketones (excluding diaryl/α,β-unsaturated/α-hetero) is 2. The van der Waals surface area contributed by atoms with Crippen LogP contribution >= 0.6 is 24.0 Å². The van der Waals surface area contributed by atoms with E-state index in [9.17, 15) is 9.59 Å². The molecule has 0 spiro atoms. The summed E-state index contributed by atoms with van der Waals surface area (Å²) in [7, 11) is 0. The van der Waals surface area contributed by atoms with Gasteiger partial charge in [0.25, 0.3) is 0 Å². The summed E-state index contributed by atoms with van der Waals surface area (Å²) in [6.45, 7) is 0. The van der Waals surface area contributed by atoms with Crippen molar-refractivity contribution in [3.63, 3.8) is 0 Å². The molecule has 1 aliphatic carbocycles. The van der Waals surface area contributed by atoms with Gasteiger partial charge in [-0.1, -0.05) is 12.2 Å². The summed E-state index contributed by atoms with van der Waals surface area (Å²) >= 11 is 6.28. The van der Waals surface area contributed by atoms with Gasteiger partial charge >= 0.3 is 0 Å². The molecule has 0 radical (unpaired) electrons. The molecule has 1 fully saturated rings. The summed E-state index contributed by atoms with van der Waals surface area (Å²) in [5.74, 6) is -0.569. The molecule has 1 saturated carbocycles. The first-order valence-electron chi connectivity index (χ1n) is 3.80. The predicted molar refractivity (Wildman–Crippen MR) is 53.5 cm³/mol. The zero-order valence-electron chi connectivity index (χ0n) is 6.83. The molecule has 0 aromatic carbocycles. The van der Waals surface area contributed by atoms with Gasteiger partial charge in [-0.2, -0.15) is 0 Å². The zero-order valence-corrected chi connectivity index (χ0v) is 8.46. The van der Waals surface area contributed by atoms with Crippen LogP contribution in [-0.4, -0.2) is 22.0 Å². The van der Waals surface area contributed by atoms with Crippen LogP contribution in [0.2, 0.25) is 0 Å². The molecule has 0 amide bonds. The molecule has 4 heteroatoms. The highest BCUT2D eigenvalue weighted by Crippen LogP contribution is 2.22. The Labute approximate surface area is 81.1 Å². The number of hydrogen-bond donors (Lipinski definition) is 0. The number of ketones is 2. The van der Waals surface area contributed by atoms with Crippen molar-refractivity contribution >= 4 is 39.7 Å². The quantitative estimate of drug-likeness (QED) is 0.478. The van der Waals surface area contributed by atoms with Gasteiger partial charge < -0.3 is 0 Å².